The number of guanidine groups is 1. The fourth-order valence-electron chi connectivity index (χ4n) is 4.71. The van der Waals surface area contributed by atoms with Crippen LogP contribution in [0.25, 0.3) is 0 Å². The number of ether oxygens (including phenoxy) is 2. The van der Waals surface area contributed by atoms with Gasteiger partial charge >= 0.3 is 0 Å². The van der Waals surface area contributed by atoms with Crippen LogP contribution in [0.3, 0.4) is 0 Å². The zero-order valence-corrected chi connectivity index (χ0v) is 22.4. The highest BCUT2D eigenvalue weighted by atomic mass is 127. The second kappa shape index (κ2) is 11.6. The summed E-state index contributed by atoms with van der Waals surface area (Å²) in [6.45, 7) is 8.51. The summed E-state index contributed by atoms with van der Waals surface area (Å²) in [4.78, 5) is 9.47. The molecule has 2 saturated heterocycles. The standard InChI is InChI=1S/C24H34N4O2S.HI/c1-19-6-7-21(29-3)20(17-19)24(8-14-30-15-9-24)18-26-23(25-2)28-12-10-27(11-13-28)22-5-4-16-31-22;/h4-7,16-17H,8-15,18H2,1-3H3,(H,25,26);1H. The minimum atomic E-state index is -0.0235. The van der Waals surface area contributed by atoms with Crippen molar-refractivity contribution in [1.82, 2.24) is 10.2 Å². The third-order valence-electron chi connectivity index (χ3n) is 6.57. The van der Waals surface area contributed by atoms with Crippen LogP contribution < -0.4 is 15.0 Å². The normalized spacial score (nSPS) is 18.8. The number of aryl methyl sites for hydroxylation is 1. The van der Waals surface area contributed by atoms with Gasteiger partial charge in [-0.15, -0.1) is 35.3 Å². The minimum Gasteiger partial charge on any atom is -0.496 e. The average molecular weight is 571 g/mol. The van der Waals surface area contributed by atoms with Crippen LogP contribution in [-0.2, 0) is 10.2 Å². The number of methoxy groups -OCH3 is 1. The zero-order valence-electron chi connectivity index (χ0n) is 19.3. The Morgan fingerprint density at radius 3 is 2.56 bits per heavy atom. The van der Waals surface area contributed by atoms with Gasteiger partial charge in [0.25, 0.3) is 0 Å². The van der Waals surface area contributed by atoms with Crippen LogP contribution in [0.1, 0.15) is 24.0 Å². The van der Waals surface area contributed by atoms with Crippen LogP contribution in [0, 0.1) is 6.92 Å². The van der Waals surface area contributed by atoms with E-state index in [0.29, 0.717) is 0 Å². The predicted octanol–water partition coefficient (Wildman–Crippen LogP) is 4.13. The molecule has 0 unspecified atom stereocenters. The Labute approximate surface area is 213 Å². The van der Waals surface area contributed by atoms with Gasteiger partial charge in [-0.3, -0.25) is 4.99 Å². The van der Waals surface area contributed by atoms with Crippen molar-refractivity contribution < 1.29 is 9.47 Å². The van der Waals surface area contributed by atoms with E-state index in [9.17, 15) is 0 Å². The lowest BCUT2D eigenvalue weighted by molar-refractivity contribution is 0.0503. The number of hydrogen-bond acceptors (Lipinski definition) is 5. The van der Waals surface area contributed by atoms with E-state index in [-0.39, 0.29) is 29.4 Å². The van der Waals surface area contributed by atoms with E-state index >= 15 is 0 Å². The largest absolute Gasteiger partial charge is 0.496 e. The first-order chi connectivity index (χ1) is 15.1. The van der Waals surface area contributed by atoms with Crippen molar-refractivity contribution in [3.05, 3.63) is 46.8 Å². The van der Waals surface area contributed by atoms with Crippen LogP contribution in [0.2, 0.25) is 0 Å². The Balaban J connectivity index is 0.00000289. The second-order valence-electron chi connectivity index (χ2n) is 8.42. The van der Waals surface area contributed by atoms with Crippen LogP contribution in [0.15, 0.2) is 40.7 Å². The van der Waals surface area contributed by atoms with Gasteiger partial charge in [0.05, 0.1) is 12.1 Å². The van der Waals surface area contributed by atoms with Crippen LogP contribution in [0.5, 0.6) is 5.75 Å². The molecule has 6 nitrogen and oxygen atoms in total. The SMILES string of the molecule is CN=C(NCC1(c2cc(C)ccc2OC)CCOCC1)N1CCN(c2cccs2)CC1.I. The smallest absolute Gasteiger partial charge is 0.193 e. The molecule has 8 heteroatoms. The molecule has 2 aliphatic heterocycles. The maximum Gasteiger partial charge on any atom is 0.193 e. The van der Waals surface area contributed by atoms with E-state index in [0.717, 1.165) is 70.5 Å². The molecule has 176 valence electrons. The van der Waals surface area contributed by atoms with Gasteiger partial charge in [-0.1, -0.05) is 17.7 Å². The fraction of sp³-hybridized carbons (Fsp3) is 0.542. The molecule has 3 heterocycles. The predicted molar refractivity (Wildman–Crippen MR) is 144 cm³/mol. The molecule has 2 aromatic rings. The molecule has 0 saturated carbocycles. The number of rotatable bonds is 5. The molecule has 1 aromatic carbocycles. The Kier molecular flexibility index (Phi) is 9.07. The van der Waals surface area contributed by atoms with E-state index in [1.807, 2.05) is 18.4 Å². The first-order valence-corrected chi connectivity index (χ1v) is 12.0. The van der Waals surface area contributed by atoms with Gasteiger partial charge in [0.1, 0.15) is 5.75 Å². The summed E-state index contributed by atoms with van der Waals surface area (Å²) < 4.78 is 11.5. The molecule has 2 fully saturated rings. The first kappa shape index (κ1) is 25.1. The average Bonchev–Trinajstić information content (AvgIpc) is 3.35. The van der Waals surface area contributed by atoms with E-state index in [4.69, 9.17) is 9.47 Å². The summed E-state index contributed by atoms with van der Waals surface area (Å²) in [6.07, 6.45) is 1.95. The topological polar surface area (TPSA) is 49.3 Å². The maximum absolute atomic E-state index is 5.76. The lowest BCUT2D eigenvalue weighted by Gasteiger charge is -2.41. The molecule has 0 bridgehead atoms. The summed E-state index contributed by atoms with van der Waals surface area (Å²) in [5.74, 6) is 1.96. The minimum absolute atomic E-state index is 0. The van der Waals surface area contributed by atoms with E-state index in [1.54, 1.807) is 7.11 Å². The number of anilines is 1. The lowest BCUT2D eigenvalue weighted by Crippen LogP contribution is -2.55. The van der Waals surface area contributed by atoms with Gasteiger partial charge in [-0.25, -0.2) is 0 Å². The van der Waals surface area contributed by atoms with Crippen LogP contribution in [-0.4, -0.2) is 71.0 Å². The molecule has 0 spiro atoms. The number of hydrogen-bond donors (Lipinski definition) is 1. The molecule has 0 radical (unpaired) electrons. The van der Waals surface area contributed by atoms with Gasteiger partial charge < -0.3 is 24.6 Å². The molecule has 4 rings (SSSR count). The number of nitrogens with zero attached hydrogens (tertiary/aromatic N) is 3. The third kappa shape index (κ3) is 5.51. The molecular formula is C24H35IN4O2S. The van der Waals surface area contributed by atoms with Crippen molar-refractivity contribution >= 4 is 46.3 Å². The Morgan fingerprint density at radius 2 is 1.94 bits per heavy atom. The van der Waals surface area contributed by atoms with Crippen LogP contribution in [0.4, 0.5) is 5.00 Å². The lowest BCUT2D eigenvalue weighted by atomic mass is 9.73. The monoisotopic (exact) mass is 570 g/mol. The molecule has 0 aliphatic carbocycles. The zero-order chi connectivity index (χ0) is 21.7. The Bertz CT molecular complexity index is 876. The number of piperazine rings is 1. The highest BCUT2D eigenvalue weighted by Crippen LogP contribution is 2.40. The van der Waals surface area contributed by atoms with Gasteiger partial charge in [0, 0.05) is 64.0 Å². The number of nitrogens with one attached hydrogen (secondary N) is 1. The third-order valence-corrected chi connectivity index (χ3v) is 7.50. The van der Waals surface area contributed by atoms with Crippen molar-refractivity contribution in [3.8, 4) is 5.75 Å². The van der Waals surface area contributed by atoms with Crippen molar-refractivity contribution in [3.63, 3.8) is 0 Å². The van der Waals surface area contributed by atoms with Gasteiger partial charge in [0.2, 0.25) is 0 Å². The number of thiophene rings is 1. The van der Waals surface area contributed by atoms with Gasteiger partial charge in [0.15, 0.2) is 5.96 Å². The summed E-state index contributed by atoms with van der Waals surface area (Å²) in [5, 5.41) is 7.22. The van der Waals surface area contributed by atoms with Crippen molar-refractivity contribution in [2.75, 3.05) is 65.0 Å². The molecule has 32 heavy (non-hydrogen) atoms. The summed E-state index contributed by atoms with van der Waals surface area (Å²) in [5.41, 5.74) is 2.52. The molecular weight excluding hydrogens is 535 g/mol. The summed E-state index contributed by atoms with van der Waals surface area (Å²) in [7, 11) is 3.65. The number of aliphatic imine (C=N–C) groups is 1. The first-order valence-electron chi connectivity index (χ1n) is 11.1. The molecule has 0 amide bonds. The maximum atomic E-state index is 5.76. The molecule has 1 aromatic heterocycles. The number of benzene rings is 1. The van der Waals surface area contributed by atoms with E-state index in [1.165, 1.54) is 16.1 Å². The highest BCUT2D eigenvalue weighted by Gasteiger charge is 2.37. The summed E-state index contributed by atoms with van der Waals surface area (Å²) >= 11 is 1.81. The molecule has 0 atom stereocenters. The molecule has 1 N–H and O–H groups in total. The van der Waals surface area contributed by atoms with Crippen molar-refractivity contribution in [1.29, 1.82) is 0 Å². The van der Waals surface area contributed by atoms with E-state index < -0.39 is 0 Å². The van der Waals surface area contributed by atoms with Crippen molar-refractivity contribution in [2.24, 2.45) is 4.99 Å². The second-order valence-corrected chi connectivity index (χ2v) is 9.35. The Morgan fingerprint density at radius 1 is 1.19 bits per heavy atom. The highest BCUT2D eigenvalue weighted by molar-refractivity contribution is 14.0. The van der Waals surface area contributed by atoms with Crippen LogP contribution >= 0.6 is 35.3 Å². The fourth-order valence-corrected chi connectivity index (χ4v) is 5.49. The Hall–Kier alpha value is -1.52. The number of halogens is 1. The van der Waals surface area contributed by atoms with E-state index in [2.05, 4.69) is 62.7 Å². The molecule has 2 aliphatic rings. The summed E-state index contributed by atoms with van der Waals surface area (Å²) in [6, 6.07) is 10.8. The van der Waals surface area contributed by atoms with Gasteiger partial charge in [-0.2, -0.15) is 0 Å². The van der Waals surface area contributed by atoms with Gasteiger partial charge in [-0.05, 0) is 43.3 Å². The quantitative estimate of drug-likeness (QED) is 0.333. The van der Waals surface area contributed by atoms with Crippen molar-refractivity contribution in [2.45, 2.75) is 25.2 Å².